The lowest BCUT2D eigenvalue weighted by molar-refractivity contribution is 0.380. The Morgan fingerprint density at radius 2 is 1.90 bits per heavy atom. The first-order chi connectivity index (χ1) is 10.3. The molecule has 4 heteroatoms. The summed E-state index contributed by atoms with van der Waals surface area (Å²) >= 11 is 0. The van der Waals surface area contributed by atoms with Crippen LogP contribution in [0.3, 0.4) is 0 Å². The number of unbranched alkanes of at least 4 members (excludes halogenated alkanes) is 4. The number of nitrogens with one attached hydrogen (secondary N) is 1. The van der Waals surface area contributed by atoms with Gasteiger partial charge in [0.1, 0.15) is 0 Å². The van der Waals surface area contributed by atoms with Crippen LogP contribution >= 0.6 is 0 Å². The summed E-state index contributed by atoms with van der Waals surface area (Å²) in [6, 6.07) is 0.348. The largest absolute Gasteiger partial charge is 0.493 e. The van der Waals surface area contributed by atoms with Crippen LogP contribution in [0.2, 0.25) is 0 Å². The summed E-state index contributed by atoms with van der Waals surface area (Å²) in [6.07, 6.45) is 10.7. The van der Waals surface area contributed by atoms with E-state index < -0.39 is 0 Å². The number of rotatable bonds is 12. The number of hydrogen-bond acceptors (Lipinski definition) is 3. The molecule has 1 atom stereocenters. The van der Waals surface area contributed by atoms with Gasteiger partial charge in [0.15, 0.2) is 5.75 Å². The molecule has 1 heterocycles. The molecule has 0 radical (unpaired) electrons. The summed E-state index contributed by atoms with van der Waals surface area (Å²) in [5.74, 6) is 0.919. The maximum absolute atomic E-state index is 5.52. The van der Waals surface area contributed by atoms with Crippen LogP contribution in [-0.2, 0) is 6.54 Å². The van der Waals surface area contributed by atoms with Gasteiger partial charge in [-0.1, -0.05) is 52.9 Å². The molecule has 0 fully saturated rings. The topological polar surface area (TPSA) is 39.1 Å². The Morgan fingerprint density at radius 3 is 2.52 bits per heavy atom. The van der Waals surface area contributed by atoms with Crippen LogP contribution in [0.5, 0.6) is 5.75 Å². The van der Waals surface area contributed by atoms with Crippen LogP contribution in [0.4, 0.5) is 0 Å². The SMILES string of the molecule is CCCCCCCC(NCC)c1c(OC)cnn1CCC. The fraction of sp³-hybridized carbons (Fsp3) is 0.824. The monoisotopic (exact) mass is 295 g/mol. The zero-order valence-electron chi connectivity index (χ0n) is 14.3. The first-order valence-corrected chi connectivity index (χ1v) is 8.61. The quantitative estimate of drug-likeness (QED) is 0.584. The summed E-state index contributed by atoms with van der Waals surface area (Å²) in [7, 11) is 1.74. The van der Waals surface area contributed by atoms with Crippen LogP contribution in [0.15, 0.2) is 6.20 Å². The molecule has 1 unspecified atom stereocenters. The number of aryl methyl sites for hydroxylation is 1. The number of nitrogens with zero attached hydrogens (tertiary/aromatic N) is 2. The standard InChI is InChI=1S/C17H33N3O/c1-5-8-9-10-11-12-15(18-7-3)17-16(21-4)14-19-20(17)13-6-2/h14-15,18H,5-13H2,1-4H3. The van der Waals surface area contributed by atoms with Gasteiger partial charge in [-0.3, -0.25) is 4.68 Å². The number of hydrogen-bond donors (Lipinski definition) is 1. The Hall–Kier alpha value is -1.03. The molecule has 0 spiro atoms. The number of aromatic nitrogens is 2. The minimum absolute atomic E-state index is 0.348. The van der Waals surface area contributed by atoms with E-state index >= 15 is 0 Å². The van der Waals surface area contributed by atoms with E-state index in [4.69, 9.17) is 4.74 Å². The van der Waals surface area contributed by atoms with Crippen molar-refractivity contribution in [1.82, 2.24) is 15.1 Å². The van der Waals surface area contributed by atoms with Gasteiger partial charge in [-0.15, -0.1) is 0 Å². The molecule has 0 aliphatic heterocycles. The van der Waals surface area contributed by atoms with Gasteiger partial charge in [-0.2, -0.15) is 5.10 Å². The summed E-state index contributed by atoms with van der Waals surface area (Å²) in [6.45, 7) is 8.54. The Morgan fingerprint density at radius 1 is 1.14 bits per heavy atom. The maximum atomic E-state index is 5.52. The van der Waals surface area contributed by atoms with E-state index in [-0.39, 0.29) is 0 Å². The van der Waals surface area contributed by atoms with E-state index in [1.54, 1.807) is 7.11 Å². The van der Waals surface area contributed by atoms with Crippen LogP contribution in [0, 0.1) is 0 Å². The second kappa shape index (κ2) is 10.7. The molecule has 0 saturated carbocycles. The van der Waals surface area contributed by atoms with Gasteiger partial charge >= 0.3 is 0 Å². The molecule has 0 aliphatic rings. The van der Waals surface area contributed by atoms with Crippen LogP contribution in [0.1, 0.15) is 77.5 Å². The molecular formula is C17H33N3O. The number of methoxy groups -OCH3 is 1. The van der Waals surface area contributed by atoms with E-state index in [0.717, 1.165) is 31.7 Å². The molecule has 0 aromatic carbocycles. The third-order valence-corrected chi connectivity index (χ3v) is 3.88. The van der Waals surface area contributed by atoms with E-state index in [1.807, 2.05) is 6.20 Å². The lowest BCUT2D eigenvalue weighted by atomic mass is 10.0. The van der Waals surface area contributed by atoms with Crippen molar-refractivity contribution in [3.8, 4) is 5.75 Å². The summed E-state index contributed by atoms with van der Waals surface area (Å²) in [5, 5.41) is 8.10. The lowest BCUT2D eigenvalue weighted by Crippen LogP contribution is -2.24. The van der Waals surface area contributed by atoms with Gasteiger partial charge in [-0.05, 0) is 19.4 Å². The molecule has 21 heavy (non-hydrogen) atoms. The minimum Gasteiger partial charge on any atom is -0.493 e. The molecule has 0 amide bonds. The Kier molecular flexibility index (Phi) is 9.15. The smallest absolute Gasteiger partial charge is 0.161 e. The minimum atomic E-state index is 0.348. The Bertz CT molecular complexity index is 376. The molecule has 122 valence electrons. The highest BCUT2D eigenvalue weighted by Crippen LogP contribution is 2.29. The van der Waals surface area contributed by atoms with Gasteiger partial charge in [0.05, 0.1) is 25.0 Å². The van der Waals surface area contributed by atoms with Crippen molar-refractivity contribution in [3.05, 3.63) is 11.9 Å². The van der Waals surface area contributed by atoms with E-state index in [0.29, 0.717) is 6.04 Å². The fourth-order valence-electron chi connectivity index (χ4n) is 2.81. The zero-order valence-corrected chi connectivity index (χ0v) is 14.3. The van der Waals surface area contributed by atoms with Gasteiger partial charge < -0.3 is 10.1 Å². The van der Waals surface area contributed by atoms with Crippen LogP contribution in [0.25, 0.3) is 0 Å². The maximum Gasteiger partial charge on any atom is 0.161 e. The van der Waals surface area contributed by atoms with Gasteiger partial charge in [-0.25, -0.2) is 0 Å². The highest BCUT2D eigenvalue weighted by Gasteiger charge is 2.20. The molecule has 4 nitrogen and oxygen atoms in total. The van der Waals surface area contributed by atoms with E-state index in [2.05, 4.69) is 35.9 Å². The molecule has 1 N–H and O–H groups in total. The van der Waals surface area contributed by atoms with Crippen molar-refractivity contribution in [2.75, 3.05) is 13.7 Å². The van der Waals surface area contributed by atoms with Crippen LogP contribution < -0.4 is 10.1 Å². The second-order valence-electron chi connectivity index (χ2n) is 5.63. The Labute approximate surface area is 130 Å². The van der Waals surface area contributed by atoms with E-state index in [9.17, 15) is 0 Å². The second-order valence-corrected chi connectivity index (χ2v) is 5.63. The van der Waals surface area contributed by atoms with Crippen molar-refractivity contribution in [2.45, 2.75) is 78.3 Å². The predicted molar refractivity (Wildman–Crippen MR) is 88.9 cm³/mol. The van der Waals surface area contributed by atoms with Crippen molar-refractivity contribution in [2.24, 2.45) is 0 Å². The summed E-state index contributed by atoms with van der Waals surface area (Å²) in [5.41, 5.74) is 1.22. The third kappa shape index (κ3) is 5.70. The van der Waals surface area contributed by atoms with Crippen LogP contribution in [-0.4, -0.2) is 23.4 Å². The molecule has 1 rings (SSSR count). The normalized spacial score (nSPS) is 12.6. The average molecular weight is 295 g/mol. The van der Waals surface area contributed by atoms with Crippen molar-refractivity contribution < 1.29 is 4.74 Å². The summed E-state index contributed by atoms with van der Waals surface area (Å²) < 4.78 is 7.63. The zero-order chi connectivity index (χ0) is 15.5. The summed E-state index contributed by atoms with van der Waals surface area (Å²) in [4.78, 5) is 0. The number of ether oxygens (including phenoxy) is 1. The predicted octanol–water partition coefficient (Wildman–Crippen LogP) is 4.31. The molecule has 1 aromatic heterocycles. The van der Waals surface area contributed by atoms with Crippen molar-refractivity contribution in [1.29, 1.82) is 0 Å². The Balaban J connectivity index is 2.71. The highest BCUT2D eigenvalue weighted by atomic mass is 16.5. The molecule has 1 aromatic rings. The lowest BCUT2D eigenvalue weighted by Gasteiger charge is -2.20. The first kappa shape index (κ1) is 18.0. The average Bonchev–Trinajstić information content (AvgIpc) is 2.89. The fourth-order valence-corrected chi connectivity index (χ4v) is 2.81. The molecule has 0 saturated heterocycles. The van der Waals surface area contributed by atoms with Crippen molar-refractivity contribution >= 4 is 0 Å². The highest BCUT2D eigenvalue weighted by molar-refractivity contribution is 5.28. The van der Waals surface area contributed by atoms with Gasteiger partial charge in [0.2, 0.25) is 0 Å². The van der Waals surface area contributed by atoms with Crippen molar-refractivity contribution in [3.63, 3.8) is 0 Å². The molecule has 0 aliphatic carbocycles. The third-order valence-electron chi connectivity index (χ3n) is 3.88. The molecule has 0 bridgehead atoms. The molecular weight excluding hydrogens is 262 g/mol. The van der Waals surface area contributed by atoms with E-state index in [1.165, 1.54) is 37.8 Å². The first-order valence-electron chi connectivity index (χ1n) is 8.61. The van der Waals surface area contributed by atoms with Gasteiger partial charge in [0, 0.05) is 6.54 Å². The van der Waals surface area contributed by atoms with Gasteiger partial charge in [0.25, 0.3) is 0 Å².